The van der Waals surface area contributed by atoms with Gasteiger partial charge in [-0.15, -0.1) is 0 Å². The second-order valence-corrected chi connectivity index (χ2v) is 6.84. The SMILES string of the molecule is O=C(O)c1ccc(-c2ccc3c(c2)CCC(CNCC(O)CS)O3)cc1. The summed E-state index contributed by atoms with van der Waals surface area (Å²) in [6.45, 7) is 1.21. The van der Waals surface area contributed by atoms with Gasteiger partial charge < -0.3 is 20.3 Å². The van der Waals surface area contributed by atoms with E-state index in [-0.39, 0.29) is 11.7 Å². The number of aromatic carboxylic acids is 1. The van der Waals surface area contributed by atoms with Crippen molar-refractivity contribution >= 4 is 18.6 Å². The molecule has 5 nitrogen and oxygen atoms in total. The first-order chi connectivity index (χ1) is 12.6. The molecule has 1 aliphatic heterocycles. The molecule has 0 aromatic heterocycles. The van der Waals surface area contributed by atoms with Gasteiger partial charge in [-0.3, -0.25) is 0 Å². The van der Waals surface area contributed by atoms with E-state index in [2.05, 4.69) is 24.0 Å². The van der Waals surface area contributed by atoms with E-state index < -0.39 is 12.1 Å². The second-order valence-electron chi connectivity index (χ2n) is 6.48. The van der Waals surface area contributed by atoms with Crippen LogP contribution in [0.5, 0.6) is 5.75 Å². The van der Waals surface area contributed by atoms with E-state index >= 15 is 0 Å². The van der Waals surface area contributed by atoms with E-state index in [4.69, 9.17) is 9.84 Å². The molecule has 0 aliphatic carbocycles. The molecule has 1 heterocycles. The van der Waals surface area contributed by atoms with Crippen LogP contribution >= 0.6 is 12.6 Å². The summed E-state index contributed by atoms with van der Waals surface area (Å²) in [6.07, 6.45) is 1.50. The number of hydrogen-bond donors (Lipinski definition) is 4. The van der Waals surface area contributed by atoms with Crippen molar-refractivity contribution in [3.05, 3.63) is 53.6 Å². The first-order valence-electron chi connectivity index (χ1n) is 8.70. The number of carboxylic acid groups (broad SMARTS) is 1. The summed E-state index contributed by atoms with van der Waals surface area (Å²) in [5.41, 5.74) is 3.49. The van der Waals surface area contributed by atoms with Gasteiger partial charge in [-0.05, 0) is 53.8 Å². The van der Waals surface area contributed by atoms with Crippen LogP contribution in [0.3, 0.4) is 0 Å². The Morgan fingerprint density at radius 1 is 1.23 bits per heavy atom. The lowest BCUT2D eigenvalue weighted by molar-refractivity contribution is 0.0697. The van der Waals surface area contributed by atoms with Gasteiger partial charge in [-0.1, -0.05) is 18.2 Å². The number of carbonyl (C=O) groups is 1. The largest absolute Gasteiger partial charge is 0.489 e. The number of aliphatic hydroxyl groups excluding tert-OH is 1. The lowest BCUT2D eigenvalue weighted by Crippen LogP contribution is -2.38. The third-order valence-electron chi connectivity index (χ3n) is 4.52. The number of rotatable bonds is 7. The first-order valence-corrected chi connectivity index (χ1v) is 9.33. The Kier molecular flexibility index (Phi) is 6.19. The van der Waals surface area contributed by atoms with Crippen LogP contribution in [0.2, 0.25) is 0 Å². The highest BCUT2D eigenvalue weighted by molar-refractivity contribution is 7.80. The van der Waals surface area contributed by atoms with Crippen molar-refractivity contribution < 1.29 is 19.7 Å². The third-order valence-corrected chi connectivity index (χ3v) is 4.94. The van der Waals surface area contributed by atoms with Gasteiger partial charge in [0.2, 0.25) is 0 Å². The zero-order valence-electron chi connectivity index (χ0n) is 14.4. The minimum atomic E-state index is -0.920. The van der Waals surface area contributed by atoms with E-state index in [1.54, 1.807) is 12.1 Å². The van der Waals surface area contributed by atoms with Gasteiger partial charge in [0.1, 0.15) is 11.9 Å². The van der Waals surface area contributed by atoms with Crippen LogP contribution in [0.4, 0.5) is 0 Å². The normalized spacial score (nSPS) is 17.2. The molecule has 0 radical (unpaired) electrons. The van der Waals surface area contributed by atoms with E-state index in [0.29, 0.717) is 18.8 Å². The minimum Gasteiger partial charge on any atom is -0.489 e. The Bertz CT molecular complexity index is 763. The van der Waals surface area contributed by atoms with Crippen molar-refractivity contribution in [3.8, 4) is 16.9 Å². The summed E-state index contributed by atoms with van der Waals surface area (Å²) >= 11 is 4.06. The van der Waals surface area contributed by atoms with Crippen molar-refractivity contribution in [1.29, 1.82) is 0 Å². The highest BCUT2D eigenvalue weighted by Gasteiger charge is 2.20. The van der Waals surface area contributed by atoms with Gasteiger partial charge in [0, 0.05) is 18.8 Å². The lowest BCUT2D eigenvalue weighted by Gasteiger charge is -2.27. The Balaban J connectivity index is 1.64. The standard InChI is InChI=1S/C20H23NO4S/c22-17(12-26)10-21-11-18-7-5-16-9-15(6-8-19(16)25-18)13-1-3-14(4-2-13)20(23)24/h1-4,6,8-9,17-18,21-22,26H,5,7,10-12H2,(H,23,24). The summed E-state index contributed by atoms with van der Waals surface area (Å²) in [5, 5.41) is 21.7. The van der Waals surface area contributed by atoms with Crippen LogP contribution in [-0.2, 0) is 6.42 Å². The van der Waals surface area contributed by atoms with Gasteiger partial charge in [0.15, 0.2) is 0 Å². The number of carboxylic acids is 1. The van der Waals surface area contributed by atoms with E-state index in [1.165, 1.54) is 0 Å². The van der Waals surface area contributed by atoms with Gasteiger partial charge in [0.05, 0.1) is 11.7 Å². The maximum absolute atomic E-state index is 11.0. The molecule has 0 bridgehead atoms. The van der Waals surface area contributed by atoms with E-state index in [9.17, 15) is 9.90 Å². The molecule has 1 aliphatic rings. The van der Waals surface area contributed by atoms with Crippen LogP contribution in [0.1, 0.15) is 22.3 Å². The summed E-state index contributed by atoms with van der Waals surface area (Å²) in [5.74, 6) is 0.415. The lowest BCUT2D eigenvalue weighted by atomic mass is 9.96. The molecule has 6 heteroatoms. The fraction of sp³-hybridized carbons (Fsp3) is 0.350. The number of thiol groups is 1. The Morgan fingerprint density at radius 3 is 2.65 bits per heavy atom. The summed E-state index contributed by atoms with van der Waals surface area (Å²) < 4.78 is 6.05. The van der Waals surface area contributed by atoms with Gasteiger partial charge in [0.25, 0.3) is 0 Å². The third kappa shape index (κ3) is 4.58. The van der Waals surface area contributed by atoms with E-state index in [0.717, 1.165) is 35.3 Å². The molecule has 0 saturated carbocycles. The number of benzene rings is 2. The van der Waals surface area contributed by atoms with Gasteiger partial charge in [-0.25, -0.2) is 4.79 Å². The molecule has 0 amide bonds. The van der Waals surface area contributed by atoms with Crippen molar-refractivity contribution in [2.75, 3.05) is 18.8 Å². The maximum Gasteiger partial charge on any atom is 0.335 e. The zero-order valence-corrected chi connectivity index (χ0v) is 15.3. The molecular formula is C20H23NO4S. The molecular weight excluding hydrogens is 350 g/mol. The van der Waals surface area contributed by atoms with Gasteiger partial charge in [-0.2, -0.15) is 12.6 Å². The highest BCUT2D eigenvalue weighted by Crippen LogP contribution is 2.32. The van der Waals surface area contributed by atoms with Crippen LogP contribution in [0, 0.1) is 0 Å². The predicted octanol–water partition coefficient (Wildman–Crippen LogP) is 2.63. The Labute approximate surface area is 158 Å². The van der Waals surface area contributed by atoms with Crippen molar-refractivity contribution in [1.82, 2.24) is 5.32 Å². The summed E-state index contributed by atoms with van der Waals surface area (Å²) in [7, 11) is 0. The number of aliphatic hydroxyl groups is 1. The van der Waals surface area contributed by atoms with Gasteiger partial charge >= 0.3 is 5.97 Å². The van der Waals surface area contributed by atoms with Crippen molar-refractivity contribution in [3.63, 3.8) is 0 Å². The number of ether oxygens (including phenoxy) is 1. The zero-order chi connectivity index (χ0) is 18.5. The van der Waals surface area contributed by atoms with Crippen LogP contribution in [-0.4, -0.2) is 47.2 Å². The topological polar surface area (TPSA) is 78.8 Å². The fourth-order valence-corrected chi connectivity index (χ4v) is 3.18. The van der Waals surface area contributed by atoms with Crippen LogP contribution < -0.4 is 10.1 Å². The van der Waals surface area contributed by atoms with Crippen LogP contribution in [0.15, 0.2) is 42.5 Å². The van der Waals surface area contributed by atoms with E-state index in [1.807, 2.05) is 24.3 Å². The molecule has 2 unspecified atom stereocenters. The maximum atomic E-state index is 11.0. The minimum absolute atomic E-state index is 0.0929. The smallest absolute Gasteiger partial charge is 0.335 e. The number of nitrogens with one attached hydrogen (secondary N) is 1. The molecule has 3 N–H and O–H groups in total. The molecule has 2 atom stereocenters. The Morgan fingerprint density at radius 2 is 1.96 bits per heavy atom. The highest BCUT2D eigenvalue weighted by atomic mass is 32.1. The number of fused-ring (bicyclic) bond motifs is 1. The first kappa shape index (κ1) is 18.8. The molecule has 26 heavy (non-hydrogen) atoms. The Hall–Kier alpha value is -2.02. The molecule has 0 fully saturated rings. The molecule has 0 spiro atoms. The van der Waals surface area contributed by atoms with Crippen molar-refractivity contribution in [2.24, 2.45) is 0 Å². The fourth-order valence-electron chi connectivity index (χ4n) is 3.05. The molecule has 3 rings (SSSR count). The monoisotopic (exact) mass is 373 g/mol. The molecule has 2 aromatic carbocycles. The summed E-state index contributed by atoms with van der Waals surface area (Å²) in [4.78, 5) is 11.0. The quantitative estimate of drug-likeness (QED) is 0.561. The van der Waals surface area contributed by atoms with Crippen LogP contribution in [0.25, 0.3) is 11.1 Å². The predicted molar refractivity (Wildman–Crippen MR) is 104 cm³/mol. The number of aryl methyl sites for hydroxylation is 1. The molecule has 138 valence electrons. The van der Waals surface area contributed by atoms with Crippen molar-refractivity contribution in [2.45, 2.75) is 25.0 Å². The molecule has 0 saturated heterocycles. The number of hydrogen-bond acceptors (Lipinski definition) is 5. The average Bonchev–Trinajstić information content (AvgIpc) is 2.67. The molecule has 2 aromatic rings. The second kappa shape index (κ2) is 8.58. The average molecular weight is 373 g/mol. The summed E-state index contributed by atoms with van der Waals surface area (Å²) in [6, 6.07) is 13.0.